The third kappa shape index (κ3) is 4.90. The number of nitrogens with zero attached hydrogens (tertiary/aromatic N) is 2. The highest BCUT2D eigenvalue weighted by Crippen LogP contribution is 2.37. The first-order chi connectivity index (χ1) is 14.0. The molecule has 4 rings (SSSR count). The molecule has 0 spiro atoms. The monoisotopic (exact) mass is 416 g/mol. The minimum Gasteiger partial charge on any atom is -0.391 e. The van der Waals surface area contributed by atoms with Crippen LogP contribution in [0, 0.1) is 18.8 Å². The SMILES string of the molecule is CCc1nc(CN2C[C@H]3C[C@H](O)[C@@H](NC(=O)CCc4ccsc4)C[C@H]3C2)c(C)[nH]1. The molecular weight excluding hydrogens is 384 g/mol. The summed E-state index contributed by atoms with van der Waals surface area (Å²) in [4.78, 5) is 22.9. The van der Waals surface area contributed by atoms with Crippen LogP contribution in [0.3, 0.4) is 0 Å². The lowest BCUT2D eigenvalue weighted by molar-refractivity contribution is -0.123. The quantitative estimate of drug-likeness (QED) is 0.648. The molecule has 4 atom stereocenters. The first-order valence-corrected chi connectivity index (χ1v) is 11.7. The molecule has 1 amide bonds. The fourth-order valence-electron chi connectivity index (χ4n) is 4.88. The number of thiophene rings is 1. The molecule has 1 saturated carbocycles. The van der Waals surface area contributed by atoms with Crippen molar-refractivity contribution in [3.8, 4) is 0 Å². The number of carbonyl (C=O) groups excluding carboxylic acids is 1. The maximum Gasteiger partial charge on any atom is 0.220 e. The van der Waals surface area contributed by atoms with E-state index in [0.29, 0.717) is 18.3 Å². The van der Waals surface area contributed by atoms with E-state index in [2.05, 4.69) is 40.5 Å². The van der Waals surface area contributed by atoms with Crippen LogP contribution in [0.15, 0.2) is 16.8 Å². The standard InChI is InChI=1S/C22H32N4O2S/c1-3-21-23-14(2)19(24-21)12-26-10-16-8-18(20(27)9-17(16)11-26)25-22(28)5-4-15-6-7-29-13-15/h6-7,13,16-18,20,27H,3-5,8-12H2,1-2H3,(H,23,24)(H,25,28)/t16-,17+,18-,20-/m0/s1. The number of hydrogen-bond donors (Lipinski definition) is 3. The minimum atomic E-state index is -0.444. The Balaban J connectivity index is 1.29. The van der Waals surface area contributed by atoms with Gasteiger partial charge in [0.25, 0.3) is 0 Å². The number of hydrogen-bond acceptors (Lipinski definition) is 5. The van der Waals surface area contributed by atoms with Crippen LogP contribution in [-0.2, 0) is 24.2 Å². The largest absolute Gasteiger partial charge is 0.391 e. The van der Waals surface area contributed by atoms with E-state index < -0.39 is 6.10 Å². The van der Waals surface area contributed by atoms with E-state index in [-0.39, 0.29) is 11.9 Å². The Hall–Kier alpha value is -1.70. The fraction of sp³-hybridized carbons (Fsp3) is 0.636. The first-order valence-electron chi connectivity index (χ1n) is 10.8. The Morgan fingerprint density at radius 3 is 2.86 bits per heavy atom. The molecule has 3 N–H and O–H groups in total. The Bertz CT molecular complexity index is 819. The lowest BCUT2D eigenvalue weighted by Crippen LogP contribution is -2.49. The van der Waals surface area contributed by atoms with Gasteiger partial charge in [-0.25, -0.2) is 4.98 Å². The van der Waals surface area contributed by atoms with Gasteiger partial charge >= 0.3 is 0 Å². The van der Waals surface area contributed by atoms with E-state index in [1.54, 1.807) is 11.3 Å². The highest BCUT2D eigenvalue weighted by molar-refractivity contribution is 7.07. The van der Waals surface area contributed by atoms with E-state index in [0.717, 1.165) is 62.5 Å². The maximum absolute atomic E-state index is 12.4. The number of aliphatic hydroxyl groups excluding tert-OH is 1. The Morgan fingerprint density at radius 2 is 2.17 bits per heavy atom. The second-order valence-electron chi connectivity index (χ2n) is 8.67. The molecule has 1 aliphatic carbocycles. The molecule has 1 saturated heterocycles. The normalized spacial score (nSPS) is 27.1. The van der Waals surface area contributed by atoms with Crippen molar-refractivity contribution in [1.29, 1.82) is 0 Å². The molecule has 158 valence electrons. The molecule has 3 heterocycles. The maximum atomic E-state index is 12.4. The van der Waals surface area contributed by atoms with Crippen molar-refractivity contribution in [3.63, 3.8) is 0 Å². The number of rotatable bonds is 7. The van der Waals surface area contributed by atoms with Gasteiger partial charge in [0.2, 0.25) is 5.91 Å². The van der Waals surface area contributed by atoms with Crippen LogP contribution in [0.25, 0.3) is 0 Å². The van der Waals surface area contributed by atoms with Crippen LogP contribution in [-0.4, -0.2) is 51.1 Å². The number of nitrogens with one attached hydrogen (secondary N) is 2. The van der Waals surface area contributed by atoms with Crippen molar-refractivity contribution in [3.05, 3.63) is 39.6 Å². The van der Waals surface area contributed by atoms with Gasteiger partial charge in [-0.1, -0.05) is 6.92 Å². The summed E-state index contributed by atoms with van der Waals surface area (Å²) in [5.74, 6) is 2.14. The van der Waals surface area contributed by atoms with Gasteiger partial charge < -0.3 is 15.4 Å². The zero-order valence-corrected chi connectivity index (χ0v) is 18.2. The third-order valence-electron chi connectivity index (χ3n) is 6.53. The van der Waals surface area contributed by atoms with Crippen LogP contribution in [0.2, 0.25) is 0 Å². The zero-order chi connectivity index (χ0) is 20.4. The number of aryl methyl sites for hydroxylation is 3. The van der Waals surface area contributed by atoms with Gasteiger partial charge in [0, 0.05) is 38.2 Å². The molecule has 2 aromatic heterocycles. The van der Waals surface area contributed by atoms with Gasteiger partial charge in [-0.05, 0) is 60.4 Å². The van der Waals surface area contributed by atoms with Crippen LogP contribution in [0.1, 0.15) is 49.0 Å². The Labute approximate surface area is 176 Å². The average Bonchev–Trinajstić information content (AvgIpc) is 3.41. The van der Waals surface area contributed by atoms with Crippen LogP contribution < -0.4 is 5.32 Å². The topological polar surface area (TPSA) is 81.2 Å². The van der Waals surface area contributed by atoms with Gasteiger partial charge in [0.1, 0.15) is 5.82 Å². The van der Waals surface area contributed by atoms with E-state index in [1.165, 1.54) is 5.56 Å². The van der Waals surface area contributed by atoms with E-state index in [1.807, 2.05) is 5.38 Å². The number of aromatic amines is 1. The minimum absolute atomic E-state index is 0.0489. The number of imidazole rings is 1. The summed E-state index contributed by atoms with van der Waals surface area (Å²) < 4.78 is 0. The number of aromatic nitrogens is 2. The van der Waals surface area contributed by atoms with Crippen LogP contribution in [0.5, 0.6) is 0 Å². The van der Waals surface area contributed by atoms with Crippen molar-refractivity contribution in [2.24, 2.45) is 11.8 Å². The van der Waals surface area contributed by atoms with Crippen molar-refractivity contribution in [2.45, 2.75) is 64.6 Å². The number of H-pyrrole nitrogens is 1. The van der Waals surface area contributed by atoms with Gasteiger partial charge in [-0.3, -0.25) is 9.69 Å². The first kappa shape index (κ1) is 20.6. The molecule has 0 unspecified atom stereocenters. The molecule has 29 heavy (non-hydrogen) atoms. The molecule has 2 aliphatic rings. The predicted octanol–water partition coefficient (Wildman–Crippen LogP) is 2.66. The number of carbonyl (C=O) groups is 1. The predicted molar refractivity (Wildman–Crippen MR) is 115 cm³/mol. The summed E-state index contributed by atoms with van der Waals surface area (Å²) in [6, 6.07) is 1.94. The molecule has 0 aromatic carbocycles. The Morgan fingerprint density at radius 1 is 1.38 bits per heavy atom. The summed E-state index contributed by atoms with van der Waals surface area (Å²) in [7, 11) is 0. The van der Waals surface area contributed by atoms with Gasteiger partial charge in [0.05, 0.1) is 17.8 Å². The summed E-state index contributed by atoms with van der Waals surface area (Å²) >= 11 is 1.66. The van der Waals surface area contributed by atoms with Gasteiger partial charge in [-0.2, -0.15) is 11.3 Å². The number of fused-ring (bicyclic) bond motifs is 1. The van der Waals surface area contributed by atoms with E-state index in [4.69, 9.17) is 4.98 Å². The zero-order valence-electron chi connectivity index (χ0n) is 17.4. The second kappa shape index (κ2) is 8.98. The van der Waals surface area contributed by atoms with E-state index >= 15 is 0 Å². The highest BCUT2D eigenvalue weighted by Gasteiger charge is 2.42. The summed E-state index contributed by atoms with van der Waals surface area (Å²) in [5, 5.41) is 17.9. The van der Waals surface area contributed by atoms with Crippen molar-refractivity contribution < 1.29 is 9.90 Å². The Kier molecular flexibility index (Phi) is 6.37. The molecule has 7 heteroatoms. The third-order valence-corrected chi connectivity index (χ3v) is 7.26. The molecule has 6 nitrogen and oxygen atoms in total. The van der Waals surface area contributed by atoms with Gasteiger partial charge in [0.15, 0.2) is 0 Å². The van der Waals surface area contributed by atoms with Crippen LogP contribution in [0.4, 0.5) is 0 Å². The van der Waals surface area contributed by atoms with Crippen LogP contribution >= 0.6 is 11.3 Å². The van der Waals surface area contributed by atoms with Crippen molar-refractivity contribution in [1.82, 2.24) is 20.2 Å². The molecule has 2 aromatic rings. The average molecular weight is 417 g/mol. The van der Waals surface area contributed by atoms with Gasteiger partial charge in [-0.15, -0.1) is 0 Å². The second-order valence-corrected chi connectivity index (χ2v) is 9.45. The fourth-order valence-corrected chi connectivity index (χ4v) is 5.58. The molecule has 1 aliphatic heterocycles. The lowest BCUT2D eigenvalue weighted by Gasteiger charge is -2.35. The lowest BCUT2D eigenvalue weighted by atomic mass is 9.77. The number of likely N-dealkylation sites (tertiary alicyclic amines) is 1. The summed E-state index contributed by atoms with van der Waals surface area (Å²) in [6.45, 7) is 7.10. The highest BCUT2D eigenvalue weighted by atomic mass is 32.1. The summed E-state index contributed by atoms with van der Waals surface area (Å²) in [5.41, 5.74) is 3.51. The smallest absolute Gasteiger partial charge is 0.220 e. The summed E-state index contributed by atoms with van der Waals surface area (Å²) in [6.07, 6.45) is 3.37. The molecule has 0 radical (unpaired) electrons. The molecular formula is C22H32N4O2S. The molecule has 2 fully saturated rings. The van der Waals surface area contributed by atoms with Crippen molar-refractivity contribution in [2.75, 3.05) is 13.1 Å². The van der Waals surface area contributed by atoms with Crippen molar-refractivity contribution >= 4 is 17.2 Å². The van der Waals surface area contributed by atoms with E-state index in [9.17, 15) is 9.90 Å². The molecule has 0 bridgehead atoms. The number of aliphatic hydroxyl groups is 1. The number of amides is 1.